The first kappa shape index (κ1) is 14.8. The lowest BCUT2D eigenvalue weighted by atomic mass is 10.1. The molecule has 0 aliphatic carbocycles. The van der Waals surface area contributed by atoms with Crippen LogP contribution in [0.4, 0.5) is 0 Å². The number of aromatic nitrogens is 1. The fourth-order valence-corrected chi connectivity index (χ4v) is 2.47. The van der Waals surface area contributed by atoms with Crippen LogP contribution in [0.5, 0.6) is 0 Å². The highest BCUT2D eigenvalue weighted by Gasteiger charge is 2.05. The molecule has 0 aliphatic heterocycles. The molecular formula is C13H15BN2O3S. The molecule has 0 aliphatic rings. The summed E-state index contributed by atoms with van der Waals surface area (Å²) in [5, 5.41) is 0.895. The summed E-state index contributed by atoms with van der Waals surface area (Å²) in [6.45, 7) is 2.79. The Morgan fingerprint density at radius 1 is 1.25 bits per heavy atom. The molecule has 0 unspecified atom stereocenters. The van der Waals surface area contributed by atoms with Gasteiger partial charge in [0.15, 0.2) is 0 Å². The van der Waals surface area contributed by atoms with Crippen molar-refractivity contribution in [3.63, 3.8) is 0 Å². The van der Waals surface area contributed by atoms with E-state index in [-0.39, 0.29) is 12.1 Å². The number of hydrogen-bond acceptors (Lipinski definition) is 3. The third-order valence-electron chi connectivity index (χ3n) is 2.98. The summed E-state index contributed by atoms with van der Waals surface area (Å²) in [6, 6.07) is 8.72. The number of aryl methyl sites for hydroxylation is 1. The number of nitrogens with one attached hydrogen (secondary N) is 1. The van der Waals surface area contributed by atoms with Crippen LogP contribution in [0, 0.1) is 0 Å². The molecule has 2 aromatic rings. The van der Waals surface area contributed by atoms with E-state index in [1.165, 1.54) is 6.07 Å². The largest absolute Gasteiger partial charge is 0.308 e. The molecule has 1 N–H and O–H groups in total. The normalized spacial score (nSPS) is 11.8. The highest BCUT2D eigenvalue weighted by Crippen LogP contribution is 2.15. The van der Waals surface area contributed by atoms with Gasteiger partial charge in [-0.2, -0.15) is 0 Å². The zero-order valence-corrected chi connectivity index (χ0v) is 12.0. The van der Waals surface area contributed by atoms with Gasteiger partial charge in [0.1, 0.15) is 9.87 Å². The van der Waals surface area contributed by atoms with E-state index >= 15 is 0 Å². The molecule has 1 aromatic heterocycles. The van der Waals surface area contributed by atoms with Gasteiger partial charge in [-0.15, -0.1) is 0 Å². The first-order valence-corrected chi connectivity index (χ1v) is 7.85. The molecule has 7 heteroatoms. The summed E-state index contributed by atoms with van der Waals surface area (Å²) in [7, 11) is 1.19. The minimum absolute atomic E-state index is 0.0326. The van der Waals surface area contributed by atoms with Crippen LogP contribution in [0.25, 0.3) is 10.9 Å². The second kappa shape index (κ2) is 5.81. The summed E-state index contributed by atoms with van der Waals surface area (Å²) < 4.78 is 25.7. The van der Waals surface area contributed by atoms with Crippen molar-refractivity contribution in [1.29, 1.82) is 0 Å². The van der Waals surface area contributed by atoms with Crippen molar-refractivity contribution in [2.75, 3.05) is 0 Å². The van der Waals surface area contributed by atoms with E-state index in [1.807, 2.05) is 19.1 Å². The molecule has 2 rings (SSSR count). The summed E-state index contributed by atoms with van der Waals surface area (Å²) in [6.07, 6.45) is 0.869. The summed E-state index contributed by atoms with van der Waals surface area (Å²) in [5.41, 5.74) is 1.60. The van der Waals surface area contributed by atoms with Gasteiger partial charge in [0.25, 0.3) is 12.7 Å². The van der Waals surface area contributed by atoms with Gasteiger partial charge in [0, 0.05) is 19.2 Å². The molecule has 0 saturated heterocycles. The maximum atomic E-state index is 11.8. The Bertz CT molecular complexity index is 784. The van der Waals surface area contributed by atoms with Crippen molar-refractivity contribution in [2.24, 2.45) is 0 Å². The molecule has 1 heterocycles. The van der Waals surface area contributed by atoms with Crippen LogP contribution in [-0.2, 0) is 23.0 Å². The van der Waals surface area contributed by atoms with E-state index in [1.54, 1.807) is 16.7 Å². The quantitative estimate of drug-likeness (QED) is 0.832. The zero-order chi connectivity index (χ0) is 14.8. The third-order valence-corrected chi connectivity index (χ3v) is 3.53. The maximum absolute atomic E-state index is 11.8. The molecule has 1 aromatic carbocycles. The average molecular weight is 290 g/mol. The van der Waals surface area contributed by atoms with Gasteiger partial charge in [0.2, 0.25) is 0 Å². The summed E-state index contributed by atoms with van der Waals surface area (Å²) in [5.74, 6) is 0. The minimum atomic E-state index is -3.70. The third kappa shape index (κ3) is 3.49. The maximum Gasteiger partial charge on any atom is 0.277 e. The summed E-state index contributed by atoms with van der Waals surface area (Å²) >= 11 is 0. The van der Waals surface area contributed by atoms with Crippen LogP contribution in [-0.4, -0.2) is 20.1 Å². The molecular weight excluding hydrogens is 275 g/mol. The second-order valence-electron chi connectivity index (χ2n) is 4.58. The first-order chi connectivity index (χ1) is 9.40. The van der Waals surface area contributed by atoms with Gasteiger partial charge in [-0.25, -0.2) is 13.1 Å². The van der Waals surface area contributed by atoms with E-state index in [0.29, 0.717) is 6.54 Å². The number of fused-ring (bicyclic) bond motifs is 1. The average Bonchev–Trinajstić information content (AvgIpc) is 2.39. The Hall–Kier alpha value is -1.60. The van der Waals surface area contributed by atoms with Crippen LogP contribution in [0.2, 0.25) is 0 Å². The van der Waals surface area contributed by atoms with Gasteiger partial charge in [0.05, 0.1) is 5.52 Å². The van der Waals surface area contributed by atoms with Crippen LogP contribution in [0.1, 0.15) is 18.9 Å². The predicted molar refractivity (Wildman–Crippen MR) is 80.0 cm³/mol. The van der Waals surface area contributed by atoms with Crippen molar-refractivity contribution in [2.45, 2.75) is 26.4 Å². The predicted octanol–water partition coefficient (Wildman–Crippen LogP) is 0.914. The number of rotatable bonds is 5. The van der Waals surface area contributed by atoms with Gasteiger partial charge in [-0.05, 0) is 35.6 Å². The van der Waals surface area contributed by atoms with E-state index in [2.05, 4.69) is 4.72 Å². The molecule has 0 spiro atoms. The van der Waals surface area contributed by atoms with E-state index < -0.39 is 9.87 Å². The van der Waals surface area contributed by atoms with Crippen molar-refractivity contribution in [3.05, 3.63) is 46.2 Å². The lowest BCUT2D eigenvalue weighted by Crippen LogP contribution is -2.22. The molecule has 2 radical (unpaired) electrons. The minimum Gasteiger partial charge on any atom is -0.308 e. The van der Waals surface area contributed by atoms with E-state index in [0.717, 1.165) is 22.9 Å². The lowest BCUT2D eigenvalue weighted by Gasteiger charge is -2.10. The van der Waals surface area contributed by atoms with Crippen molar-refractivity contribution in [1.82, 2.24) is 9.29 Å². The fourth-order valence-electron chi connectivity index (χ4n) is 2.10. The van der Waals surface area contributed by atoms with Crippen LogP contribution >= 0.6 is 0 Å². The fraction of sp³-hybridized carbons (Fsp3) is 0.308. The van der Waals surface area contributed by atoms with E-state index in [9.17, 15) is 13.2 Å². The molecule has 0 atom stereocenters. The van der Waals surface area contributed by atoms with Crippen LogP contribution < -0.4 is 10.3 Å². The molecule has 0 bridgehead atoms. The van der Waals surface area contributed by atoms with Crippen molar-refractivity contribution < 1.29 is 8.42 Å². The standard InChI is InChI=1S/C13H15BN2O3S/c1-2-7-16-12-5-3-10(9-15-20(14,18)19)8-11(12)4-6-13(16)17/h3-6,8,15H,2,7,9H2,1H3. The summed E-state index contributed by atoms with van der Waals surface area (Å²) in [4.78, 5) is 11.8. The highest BCUT2D eigenvalue weighted by atomic mass is 32.2. The van der Waals surface area contributed by atoms with Gasteiger partial charge in [-0.3, -0.25) is 4.79 Å². The van der Waals surface area contributed by atoms with Crippen molar-refractivity contribution >= 4 is 27.9 Å². The molecule has 5 nitrogen and oxygen atoms in total. The number of pyridine rings is 1. The topological polar surface area (TPSA) is 68.2 Å². The number of nitrogens with zero attached hydrogens (tertiary/aromatic N) is 1. The Balaban J connectivity index is 2.40. The number of benzene rings is 1. The van der Waals surface area contributed by atoms with Crippen molar-refractivity contribution in [3.8, 4) is 0 Å². The smallest absolute Gasteiger partial charge is 0.277 e. The number of hydrogen-bond donors (Lipinski definition) is 1. The SMILES string of the molecule is [B]S(=O)(=O)NCc1ccc2c(ccc(=O)n2CCC)c1. The Morgan fingerprint density at radius 2 is 2.00 bits per heavy atom. The Labute approximate surface area is 119 Å². The first-order valence-electron chi connectivity index (χ1n) is 6.30. The highest BCUT2D eigenvalue weighted by molar-refractivity contribution is 8.10. The molecule has 104 valence electrons. The molecule has 0 fully saturated rings. The van der Waals surface area contributed by atoms with Crippen LogP contribution in [0.3, 0.4) is 0 Å². The van der Waals surface area contributed by atoms with Crippen LogP contribution in [0.15, 0.2) is 35.1 Å². The zero-order valence-electron chi connectivity index (χ0n) is 11.2. The monoisotopic (exact) mass is 290 g/mol. The van der Waals surface area contributed by atoms with Gasteiger partial charge >= 0.3 is 0 Å². The Morgan fingerprint density at radius 3 is 2.65 bits per heavy atom. The van der Waals surface area contributed by atoms with E-state index in [4.69, 9.17) is 7.12 Å². The molecule has 20 heavy (non-hydrogen) atoms. The molecule has 0 saturated carbocycles. The van der Waals surface area contributed by atoms with Gasteiger partial charge < -0.3 is 4.57 Å². The van der Waals surface area contributed by atoms with Gasteiger partial charge in [-0.1, -0.05) is 13.0 Å². The second-order valence-corrected chi connectivity index (χ2v) is 5.96. The molecule has 0 amide bonds. The lowest BCUT2D eigenvalue weighted by molar-refractivity contribution is 0.596. The Kier molecular flexibility index (Phi) is 4.30.